The zero-order valence-corrected chi connectivity index (χ0v) is 7.30. The van der Waals surface area contributed by atoms with Crippen molar-refractivity contribution in [1.29, 1.82) is 0 Å². The van der Waals surface area contributed by atoms with Gasteiger partial charge in [0, 0.05) is 4.47 Å². The molecule has 0 aromatic heterocycles. The van der Waals surface area contributed by atoms with Gasteiger partial charge in [-0.25, -0.2) is 0 Å². The summed E-state index contributed by atoms with van der Waals surface area (Å²) in [5.74, 6) is 0. The number of halogens is 2. The fourth-order valence-electron chi connectivity index (χ4n) is 0.582. The molecule has 0 saturated carbocycles. The molecular weight excluding hydrogens is 215 g/mol. The van der Waals surface area contributed by atoms with Gasteiger partial charge in [0.05, 0.1) is 17.5 Å². The van der Waals surface area contributed by atoms with E-state index in [2.05, 4.69) is 25.7 Å². The lowest BCUT2D eigenvalue weighted by Gasteiger charge is -1.89. The highest BCUT2D eigenvalue weighted by Gasteiger charge is 1.88. The Balaban J connectivity index is 2.95. The molecule has 1 aromatic rings. The number of rotatable bonds is 1. The van der Waals surface area contributed by atoms with Gasteiger partial charge in [0.2, 0.25) is 0 Å². The van der Waals surface area contributed by atoms with Gasteiger partial charge >= 0.3 is 0 Å². The molecule has 0 amide bonds. The van der Waals surface area contributed by atoms with Crippen molar-refractivity contribution in [1.82, 2.24) is 0 Å². The van der Waals surface area contributed by atoms with Gasteiger partial charge in [-0.2, -0.15) is 0 Å². The Morgan fingerprint density at radius 1 is 1.40 bits per heavy atom. The second kappa shape index (κ2) is 3.68. The van der Waals surface area contributed by atoms with Crippen molar-refractivity contribution in [2.24, 2.45) is 9.75 Å². The number of nitrogens with zero attached hydrogens (tertiary/aromatic N) is 2. The van der Waals surface area contributed by atoms with Crippen LogP contribution in [0, 0.1) is 0 Å². The van der Waals surface area contributed by atoms with Crippen LogP contribution in [0.1, 0.15) is 0 Å². The van der Waals surface area contributed by atoms with E-state index in [1.807, 2.05) is 24.3 Å². The lowest BCUT2D eigenvalue weighted by molar-refractivity contribution is 1.32. The molecular formula is C6H4BrClN2. The summed E-state index contributed by atoms with van der Waals surface area (Å²) in [5.41, 5.74) is 0.740. The van der Waals surface area contributed by atoms with Crippen LogP contribution in [0.25, 0.3) is 0 Å². The van der Waals surface area contributed by atoms with Crippen LogP contribution in [0.15, 0.2) is 38.5 Å². The smallest absolute Gasteiger partial charge is 0.0879 e. The van der Waals surface area contributed by atoms with Gasteiger partial charge in [0.25, 0.3) is 0 Å². The minimum Gasteiger partial charge on any atom is -0.138 e. The molecule has 0 bridgehead atoms. The third-order valence-corrected chi connectivity index (χ3v) is 1.53. The first-order valence-corrected chi connectivity index (χ1v) is 3.73. The summed E-state index contributed by atoms with van der Waals surface area (Å²) in [6.45, 7) is 0. The SMILES string of the molecule is Cl/N=N/c1cccc(Br)c1. The molecule has 1 rings (SSSR count). The van der Waals surface area contributed by atoms with Crippen molar-refractivity contribution in [3.8, 4) is 0 Å². The maximum absolute atomic E-state index is 5.03. The molecule has 0 atom stereocenters. The normalized spacial score (nSPS) is 10.6. The van der Waals surface area contributed by atoms with Gasteiger partial charge in [-0.15, -0.1) is 5.11 Å². The van der Waals surface area contributed by atoms with E-state index in [9.17, 15) is 0 Å². The summed E-state index contributed by atoms with van der Waals surface area (Å²) in [6.07, 6.45) is 0. The van der Waals surface area contributed by atoms with Gasteiger partial charge in [0.15, 0.2) is 0 Å². The third kappa shape index (κ3) is 2.08. The molecule has 0 unspecified atom stereocenters. The largest absolute Gasteiger partial charge is 0.138 e. The van der Waals surface area contributed by atoms with Crippen LogP contribution in [0.3, 0.4) is 0 Å². The first-order chi connectivity index (χ1) is 4.83. The van der Waals surface area contributed by atoms with Crippen LogP contribution in [-0.4, -0.2) is 0 Å². The number of benzene rings is 1. The molecule has 4 heteroatoms. The first kappa shape index (κ1) is 7.69. The van der Waals surface area contributed by atoms with Crippen LogP contribution in [0.4, 0.5) is 5.69 Å². The van der Waals surface area contributed by atoms with Crippen LogP contribution in [0.5, 0.6) is 0 Å². The Kier molecular flexibility index (Phi) is 2.83. The molecule has 0 aliphatic heterocycles. The summed E-state index contributed by atoms with van der Waals surface area (Å²) < 4.78 is 4.09. The maximum atomic E-state index is 5.03. The summed E-state index contributed by atoms with van der Waals surface area (Å²) in [7, 11) is 0. The van der Waals surface area contributed by atoms with Crippen LogP contribution < -0.4 is 0 Å². The fraction of sp³-hybridized carbons (Fsp3) is 0. The average Bonchev–Trinajstić information content (AvgIpc) is 1.88. The zero-order chi connectivity index (χ0) is 7.40. The van der Waals surface area contributed by atoms with Crippen molar-refractivity contribution in [3.05, 3.63) is 28.7 Å². The van der Waals surface area contributed by atoms with Gasteiger partial charge in [0.1, 0.15) is 0 Å². The standard InChI is InChI=1S/C6H4BrClN2/c7-5-2-1-3-6(4-5)9-10-8/h1-4H/b10-9+. The Labute approximate surface area is 72.2 Å². The molecule has 10 heavy (non-hydrogen) atoms. The van der Waals surface area contributed by atoms with Crippen LogP contribution >= 0.6 is 27.7 Å². The minimum atomic E-state index is 0.740. The molecule has 0 fully saturated rings. The Morgan fingerprint density at radius 3 is 2.80 bits per heavy atom. The van der Waals surface area contributed by atoms with Crippen LogP contribution in [-0.2, 0) is 0 Å². The summed E-state index contributed by atoms with van der Waals surface area (Å²) in [6, 6.07) is 7.42. The Bertz CT molecular complexity index is 249. The second-order valence-electron chi connectivity index (χ2n) is 1.66. The Morgan fingerprint density at radius 2 is 2.20 bits per heavy atom. The monoisotopic (exact) mass is 218 g/mol. The highest BCUT2D eigenvalue weighted by Crippen LogP contribution is 2.18. The van der Waals surface area contributed by atoms with Crippen molar-refractivity contribution >= 4 is 33.4 Å². The van der Waals surface area contributed by atoms with E-state index in [1.165, 1.54) is 0 Å². The van der Waals surface area contributed by atoms with Gasteiger partial charge in [-0.05, 0) is 18.2 Å². The van der Waals surface area contributed by atoms with Gasteiger partial charge < -0.3 is 0 Å². The van der Waals surface area contributed by atoms with Gasteiger partial charge in [-0.1, -0.05) is 26.6 Å². The summed E-state index contributed by atoms with van der Waals surface area (Å²) >= 11 is 8.32. The number of hydrogen-bond donors (Lipinski definition) is 0. The highest BCUT2D eigenvalue weighted by atomic mass is 79.9. The quantitative estimate of drug-likeness (QED) is 0.644. The van der Waals surface area contributed by atoms with E-state index < -0.39 is 0 Å². The summed E-state index contributed by atoms with van der Waals surface area (Å²) in [4.78, 5) is 0. The molecule has 2 nitrogen and oxygen atoms in total. The van der Waals surface area contributed by atoms with E-state index in [4.69, 9.17) is 11.8 Å². The first-order valence-electron chi connectivity index (χ1n) is 2.60. The predicted molar refractivity (Wildman–Crippen MR) is 44.5 cm³/mol. The van der Waals surface area contributed by atoms with Gasteiger partial charge in [-0.3, -0.25) is 0 Å². The molecule has 0 heterocycles. The Hall–Kier alpha value is -0.410. The molecule has 0 saturated heterocycles. The van der Waals surface area contributed by atoms with E-state index in [0.717, 1.165) is 10.2 Å². The van der Waals surface area contributed by atoms with E-state index in [0.29, 0.717) is 0 Å². The van der Waals surface area contributed by atoms with E-state index in [1.54, 1.807) is 0 Å². The molecule has 0 radical (unpaired) electrons. The van der Waals surface area contributed by atoms with Crippen molar-refractivity contribution in [2.45, 2.75) is 0 Å². The van der Waals surface area contributed by atoms with E-state index in [-0.39, 0.29) is 0 Å². The van der Waals surface area contributed by atoms with Crippen LogP contribution in [0.2, 0.25) is 0 Å². The zero-order valence-electron chi connectivity index (χ0n) is 4.96. The average molecular weight is 219 g/mol. The fourth-order valence-corrected chi connectivity index (χ4v) is 1.06. The summed E-state index contributed by atoms with van der Waals surface area (Å²) in [5, 5.41) is 3.63. The maximum Gasteiger partial charge on any atom is 0.0879 e. The lowest BCUT2D eigenvalue weighted by Crippen LogP contribution is -1.62. The number of hydrogen-bond acceptors (Lipinski definition) is 2. The molecule has 0 aliphatic rings. The topological polar surface area (TPSA) is 24.7 Å². The second-order valence-corrected chi connectivity index (χ2v) is 2.72. The molecule has 0 aliphatic carbocycles. The molecule has 0 spiro atoms. The lowest BCUT2D eigenvalue weighted by atomic mass is 10.3. The van der Waals surface area contributed by atoms with E-state index >= 15 is 0 Å². The molecule has 0 N–H and O–H groups in total. The van der Waals surface area contributed by atoms with Crippen molar-refractivity contribution in [3.63, 3.8) is 0 Å². The van der Waals surface area contributed by atoms with Crippen molar-refractivity contribution < 1.29 is 0 Å². The highest BCUT2D eigenvalue weighted by molar-refractivity contribution is 9.10. The minimum absolute atomic E-state index is 0.740. The van der Waals surface area contributed by atoms with Crippen molar-refractivity contribution in [2.75, 3.05) is 0 Å². The third-order valence-electron chi connectivity index (χ3n) is 0.961. The molecule has 52 valence electrons. The molecule has 1 aromatic carbocycles. The predicted octanol–water partition coefficient (Wildman–Crippen LogP) is 3.69.